The summed E-state index contributed by atoms with van der Waals surface area (Å²) in [5, 5.41) is 32.2. The number of aromatic hydroxyl groups is 2. The van der Waals surface area contributed by atoms with E-state index in [2.05, 4.69) is 26.4 Å². The van der Waals surface area contributed by atoms with Crippen LogP contribution >= 0.6 is 0 Å². The molecule has 0 saturated heterocycles. The van der Waals surface area contributed by atoms with Gasteiger partial charge in [-0.3, -0.25) is 20.4 Å². The van der Waals surface area contributed by atoms with E-state index in [0.29, 0.717) is 11.8 Å². The van der Waals surface area contributed by atoms with E-state index in [0.717, 1.165) is 30.0 Å². The minimum Gasteiger partial charge on any atom is -0.744 e. The molecule has 59 heavy (non-hydrogen) atoms. The highest BCUT2D eigenvalue weighted by molar-refractivity contribution is 7.91. The number of Topliss-reactive ketones (excluding diaryl/α,β-unsaturated/α-hetero) is 2. The number of nitrogens with zero attached hydrogens (tertiary/aromatic N) is 2. The van der Waals surface area contributed by atoms with E-state index in [9.17, 15) is 58.7 Å². The summed E-state index contributed by atoms with van der Waals surface area (Å²) in [7, 11) is -15.8. The van der Waals surface area contributed by atoms with Gasteiger partial charge < -0.3 is 29.2 Å². The predicted molar refractivity (Wildman–Crippen MR) is 212 cm³/mol. The molecule has 0 unspecified atom stereocenters. The number of hydrogen-bond acceptors (Lipinski definition) is 18. The number of allylic oxidation sites excluding steroid dienone is 2. The molecule has 0 radical (unpaired) electrons. The number of phenols is 2. The number of anilines is 4. The van der Waals surface area contributed by atoms with E-state index in [1.807, 2.05) is 6.07 Å². The van der Waals surface area contributed by atoms with Crippen LogP contribution in [0.3, 0.4) is 0 Å². The first-order valence-corrected chi connectivity index (χ1v) is 20.9. The Labute approximate surface area is 334 Å². The topological polar surface area (TPSA) is 307 Å². The van der Waals surface area contributed by atoms with Gasteiger partial charge in [0.2, 0.25) is 11.6 Å². The second-order valence-corrected chi connectivity index (χ2v) is 16.7. The molecule has 0 saturated carbocycles. The lowest BCUT2D eigenvalue weighted by atomic mass is 9.94. The SMILES string of the molecule is O=C1C(=NNc2ccc(-c3ccc(NN=C4C(=O)c5c(cccc5S(=O)(=O)[O-])C=C4S(=O)(=O)[O-])c(O)c3)cc2O)C(S(=O)(=O)[O-])=Cc2cc(Nc3ccccc3)ccc21. The molecule has 0 spiro atoms. The third-order valence-electron chi connectivity index (χ3n) is 8.83. The molecule has 0 aromatic heterocycles. The molecule has 2 aliphatic rings. The van der Waals surface area contributed by atoms with Crippen molar-refractivity contribution in [1.82, 2.24) is 0 Å². The zero-order valence-electron chi connectivity index (χ0n) is 29.5. The lowest BCUT2D eigenvalue weighted by molar-refractivity contribution is 0.105. The summed E-state index contributed by atoms with van der Waals surface area (Å²) < 4.78 is 108. The summed E-state index contributed by atoms with van der Waals surface area (Å²) in [6.45, 7) is 0. The molecule has 0 fully saturated rings. The summed E-state index contributed by atoms with van der Waals surface area (Å²) >= 11 is 0. The van der Waals surface area contributed by atoms with Crippen LogP contribution in [0.4, 0.5) is 22.7 Å². The summed E-state index contributed by atoms with van der Waals surface area (Å²) in [6, 6.07) is 24.3. The van der Waals surface area contributed by atoms with Crippen molar-refractivity contribution in [3.63, 3.8) is 0 Å². The van der Waals surface area contributed by atoms with Gasteiger partial charge in [-0.25, -0.2) is 25.3 Å². The summed E-state index contributed by atoms with van der Waals surface area (Å²) in [5.41, 5.74) is 3.54. The number of fused-ring (bicyclic) bond motifs is 2. The highest BCUT2D eigenvalue weighted by Gasteiger charge is 2.33. The number of ketones is 2. The van der Waals surface area contributed by atoms with Crippen LogP contribution in [0.1, 0.15) is 31.8 Å². The van der Waals surface area contributed by atoms with E-state index in [-0.39, 0.29) is 39.2 Å². The van der Waals surface area contributed by atoms with Crippen molar-refractivity contribution in [3.8, 4) is 22.6 Å². The molecule has 300 valence electrons. The van der Waals surface area contributed by atoms with Gasteiger partial charge in [0.15, 0.2) is 0 Å². The van der Waals surface area contributed by atoms with E-state index in [1.54, 1.807) is 30.3 Å². The standard InChI is InChI=1S/C38H27N5O13S3/c44-29-16-20(9-13-27(29)40-42-35-33(59(54,55)56)19-23-15-25(11-12-26(23)37(35)46)39-24-6-2-1-3-7-24)21-10-14-28(30(45)17-21)41-43-36-32(58(51,52)53)18-22-5-4-8-31(57(48,49)50)34(22)38(36)47/h1-19,39-41,44-45H,(H,48,49,50)(H,51,52,53)(H,54,55,56)/p-3. The van der Waals surface area contributed by atoms with Crippen LogP contribution in [-0.2, 0) is 30.4 Å². The van der Waals surface area contributed by atoms with Crippen molar-refractivity contribution in [2.75, 3.05) is 16.2 Å². The molecule has 7 rings (SSSR count). The maximum absolute atomic E-state index is 13.4. The van der Waals surface area contributed by atoms with Crippen molar-refractivity contribution in [2.24, 2.45) is 10.2 Å². The number of phenolic OH excluding ortho intramolecular Hbond substituents is 2. The van der Waals surface area contributed by atoms with Crippen molar-refractivity contribution in [2.45, 2.75) is 4.90 Å². The Hall–Kier alpha value is -7.01. The Bertz CT molecular complexity index is 3110. The Morgan fingerprint density at radius 3 is 1.59 bits per heavy atom. The molecule has 5 N–H and O–H groups in total. The number of para-hydroxylation sites is 1. The number of benzene rings is 5. The summed E-state index contributed by atoms with van der Waals surface area (Å²) in [6.07, 6.45) is 1.72. The van der Waals surface area contributed by atoms with Crippen molar-refractivity contribution in [1.29, 1.82) is 0 Å². The van der Waals surface area contributed by atoms with Crippen LogP contribution in [0.15, 0.2) is 128 Å². The van der Waals surface area contributed by atoms with Gasteiger partial charge in [-0.15, -0.1) is 0 Å². The van der Waals surface area contributed by atoms with Gasteiger partial charge in [0.05, 0.1) is 26.1 Å². The fraction of sp³-hybridized carbons (Fsp3) is 0. The maximum Gasteiger partial charge on any atom is 0.216 e. The Morgan fingerprint density at radius 2 is 1.07 bits per heavy atom. The van der Waals surface area contributed by atoms with Gasteiger partial charge in [0, 0.05) is 22.5 Å². The summed E-state index contributed by atoms with van der Waals surface area (Å²) in [5.74, 6) is -3.25. The molecule has 0 aliphatic heterocycles. The lowest BCUT2D eigenvalue weighted by Crippen LogP contribution is -2.28. The van der Waals surface area contributed by atoms with Crippen molar-refractivity contribution >= 4 is 88.2 Å². The Balaban J connectivity index is 1.12. The number of nitrogens with one attached hydrogen (secondary N) is 3. The average molecular weight is 855 g/mol. The van der Waals surface area contributed by atoms with Crippen LogP contribution in [0.25, 0.3) is 23.3 Å². The minimum atomic E-state index is -5.38. The number of carbonyl (C=O) groups excluding carboxylic acids is 2. The molecular formula is C38H24N5O13S3-3. The number of hydrogen-bond donors (Lipinski definition) is 5. The van der Waals surface area contributed by atoms with Gasteiger partial charge in [0.1, 0.15) is 53.3 Å². The minimum absolute atomic E-state index is 0.0622. The molecule has 0 bridgehead atoms. The Kier molecular flexibility index (Phi) is 10.3. The molecule has 0 amide bonds. The first-order chi connectivity index (χ1) is 27.8. The van der Waals surface area contributed by atoms with Crippen LogP contribution in [0, 0.1) is 0 Å². The molecule has 2 aliphatic carbocycles. The third-order valence-corrected chi connectivity index (χ3v) is 11.4. The normalized spacial score (nSPS) is 15.6. The van der Waals surface area contributed by atoms with Crippen molar-refractivity contribution in [3.05, 3.63) is 135 Å². The van der Waals surface area contributed by atoms with E-state index in [4.69, 9.17) is 0 Å². The van der Waals surface area contributed by atoms with Crippen LogP contribution in [-0.4, -0.2) is 72.1 Å². The fourth-order valence-corrected chi connectivity index (χ4v) is 8.10. The zero-order chi connectivity index (χ0) is 42.4. The zero-order valence-corrected chi connectivity index (χ0v) is 31.9. The van der Waals surface area contributed by atoms with Gasteiger partial charge in [0.25, 0.3) is 0 Å². The van der Waals surface area contributed by atoms with E-state index >= 15 is 0 Å². The van der Waals surface area contributed by atoms with Crippen molar-refractivity contribution < 1.29 is 58.7 Å². The average Bonchev–Trinajstić information content (AvgIpc) is 3.17. The van der Waals surface area contributed by atoms with Gasteiger partial charge >= 0.3 is 0 Å². The van der Waals surface area contributed by atoms with Gasteiger partial charge in [-0.1, -0.05) is 42.5 Å². The number of carbonyl (C=O) groups is 2. The summed E-state index contributed by atoms with van der Waals surface area (Å²) in [4.78, 5) is 23.7. The third kappa shape index (κ3) is 8.22. The highest BCUT2D eigenvalue weighted by Crippen LogP contribution is 2.36. The smallest absolute Gasteiger partial charge is 0.216 e. The molecule has 21 heteroatoms. The molecule has 5 aromatic rings. The Morgan fingerprint density at radius 1 is 0.525 bits per heavy atom. The molecule has 0 heterocycles. The largest absolute Gasteiger partial charge is 0.744 e. The molecule has 0 atom stereocenters. The molecule has 5 aromatic carbocycles. The second-order valence-electron chi connectivity index (χ2n) is 12.7. The van der Waals surface area contributed by atoms with Crippen LogP contribution in [0.5, 0.6) is 11.5 Å². The molecule has 18 nitrogen and oxygen atoms in total. The highest BCUT2D eigenvalue weighted by atomic mass is 32.2. The predicted octanol–water partition coefficient (Wildman–Crippen LogP) is 4.51. The second kappa shape index (κ2) is 15.1. The first kappa shape index (κ1) is 40.2. The van der Waals surface area contributed by atoms with E-state index in [1.165, 1.54) is 48.5 Å². The maximum atomic E-state index is 13.4. The van der Waals surface area contributed by atoms with Gasteiger partial charge in [-0.05, 0) is 95.1 Å². The van der Waals surface area contributed by atoms with Crippen LogP contribution in [0.2, 0.25) is 0 Å². The first-order valence-electron chi connectivity index (χ1n) is 16.6. The van der Waals surface area contributed by atoms with Crippen LogP contribution < -0.4 is 16.2 Å². The van der Waals surface area contributed by atoms with Gasteiger partial charge in [-0.2, -0.15) is 10.2 Å². The number of rotatable bonds is 10. The van der Waals surface area contributed by atoms with E-state index < -0.39 is 85.1 Å². The number of hydrazone groups is 2. The lowest BCUT2D eigenvalue weighted by Gasteiger charge is -2.22. The fourth-order valence-electron chi connectivity index (χ4n) is 6.10. The monoisotopic (exact) mass is 854 g/mol. The quantitative estimate of drug-likeness (QED) is 0.0733. The molecular weight excluding hydrogens is 831 g/mol.